The molecule has 0 spiro atoms. The standard InChI is InChI=1S/C23H17BrF2N2O4/c1-28-19-10-13(24)6-9-21(19)31-12-18(23(28)30)27-22(29)15-11-14(7-8-16(15)25)32-20-5-3-2-4-17(20)26/h2-11,18H,12H2,1H3,(H,27,29)/t18-/m0/s1. The van der Waals surface area contributed by atoms with Gasteiger partial charge in [-0.1, -0.05) is 28.1 Å². The molecule has 6 nitrogen and oxygen atoms in total. The van der Waals surface area contributed by atoms with Crippen LogP contribution >= 0.6 is 15.9 Å². The third-order valence-corrected chi connectivity index (χ3v) is 5.36. The van der Waals surface area contributed by atoms with Crippen molar-refractivity contribution in [1.29, 1.82) is 0 Å². The zero-order valence-electron chi connectivity index (χ0n) is 16.8. The summed E-state index contributed by atoms with van der Waals surface area (Å²) >= 11 is 3.35. The number of fused-ring (bicyclic) bond motifs is 1. The minimum atomic E-state index is -1.05. The van der Waals surface area contributed by atoms with E-state index in [0.29, 0.717) is 11.4 Å². The van der Waals surface area contributed by atoms with E-state index < -0.39 is 29.5 Å². The fraction of sp³-hybridized carbons (Fsp3) is 0.130. The van der Waals surface area contributed by atoms with E-state index in [9.17, 15) is 18.4 Å². The number of carbonyl (C=O) groups is 2. The Labute approximate surface area is 190 Å². The number of anilines is 1. The monoisotopic (exact) mass is 502 g/mol. The van der Waals surface area contributed by atoms with Crippen molar-refractivity contribution in [3.8, 4) is 17.2 Å². The Kier molecular flexibility index (Phi) is 6.09. The molecule has 9 heteroatoms. The third-order valence-electron chi connectivity index (χ3n) is 4.87. The van der Waals surface area contributed by atoms with E-state index in [1.54, 1.807) is 31.3 Å². The highest BCUT2D eigenvalue weighted by Gasteiger charge is 2.31. The molecule has 1 aliphatic rings. The van der Waals surface area contributed by atoms with Crippen LogP contribution in [0.25, 0.3) is 0 Å². The van der Waals surface area contributed by atoms with E-state index in [2.05, 4.69) is 21.2 Å². The van der Waals surface area contributed by atoms with E-state index in [1.165, 1.54) is 29.2 Å². The van der Waals surface area contributed by atoms with Crippen molar-refractivity contribution < 1.29 is 27.8 Å². The van der Waals surface area contributed by atoms with Crippen LogP contribution in [0.5, 0.6) is 17.2 Å². The molecule has 32 heavy (non-hydrogen) atoms. The van der Waals surface area contributed by atoms with Gasteiger partial charge in [-0.25, -0.2) is 8.78 Å². The molecule has 0 bridgehead atoms. The summed E-state index contributed by atoms with van der Waals surface area (Å²) < 4.78 is 40.1. The molecule has 3 aromatic rings. The summed E-state index contributed by atoms with van der Waals surface area (Å²) in [6.07, 6.45) is 0. The first kappa shape index (κ1) is 21.8. The SMILES string of the molecule is CN1C(=O)[C@@H](NC(=O)c2cc(Oc3ccccc3F)ccc2F)COc2ccc(Br)cc21. The number of para-hydroxylation sites is 1. The zero-order valence-corrected chi connectivity index (χ0v) is 18.4. The second-order valence-corrected chi connectivity index (χ2v) is 7.94. The highest BCUT2D eigenvalue weighted by Crippen LogP contribution is 2.33. The highest BCUT2D eigenvalue weighted by molar-refractivity contribution is 9.10. The minimum absolute atomic E-state index is 0.0663. The predicted molar refractivity (Wildman–Crippen MR) is 117 cm³/mol. The smallest absolute Gasteiger partial charge is 0.255 e. The number of hydrogen-bond acceptors (Lipinski definition) is 4. The summed E-state index contributed by atoms with van der Waals surface area (Å²) in [7, 11) is 1.56. The maximum atomic E-state index is 14.4. The van der Waals surface area contributed by atoms with Crippen LogP contribution in [-0.4, -0.2) is 31.5 Å². The van der Waals surface area contributed by atoms with Crippen molar-refractivity contribution in [3.05, 3.63) is 82.3 Å². The summed E-state index contributed by atoms with van der Waals surface area (Å²) in [5.41, 5.74) is 0.186. The van der Waals surface area contributed by atoms with Gasteiger partial charge in [-0.3, -0.25) is 9.59 Å². The van der Waals surface area contributed by atoms with Crippen LogP contribution in [0.3, 0.4) is 0 Å². The first-order valence-corrected chi connectivity index (χ1v) is 10.4. The zero-order chi connectivity index (χ0) is 22.8. The number of hydrogen-bond donors (Lipinski definition) is 1. The number of halogens is 3. The topological polar surface area (TPSA) is 67.9 Å². The third kappa shape index (κ3) is 4.43. The van der Waals surface area contributed by atoms with Gasteiger partial charge >= 0.3 is 0 Å². The lowest BCUT2D eigenvalue weighted by Gasteiger charge is -2.20. The molecule has 0 saturated heterocycles. The lowest BCUT2D eigenvalue weighted by molar-refractivity contribution is -0.120. The van der Waals surface area contributed by atoms with Crippen molar-refractivity contribution in [2.45, 2.75) is 6.04 Å². The Balaban J connectivity index is 1.54. The molecular formula is C23H17BrF2N2O4. The quantitative estimate of drug-likeness (QED) is 0.562. The molecule has 1 N–H and O–H groups in total. The average Bonchev–Trinajstić information content (AvgIpc) is 2.89. The normalized spacial score (nSPS) is 15.4. The Morgan fingerprint density at radius 2 is 1.91 bits per heavy atom. The van der Waals surface area contributed by atoms with Crippen molar-refractivity contribution in [3.63, 3.8) is 0 Å². The van der Waals surface area contributed by atoms with Crippen molar-refractivity contribution in [1.82, 2.24) is 5.32 Å². The Morgan fingerprint density at radius 3 is 2.69 bits per heavy atom. The number of likely N-dealkylation sites (N-methyl/N-ethyl adjacent to an activating group) is 1. The van der Waals surface area contributed by atoms with Gasteiger partial charge < -0.3 is 19.7 Å². The number of amides is 2. The van der Waals surface area contributed by atoms with E-state index in [-0.39, 0.29) is 23.7 Å². The van der Waals surface area contributed by atoms with E-state index >= 15 is 0 Å². The molecule has 0 saturated carbocycles. The van der Waals surface area contributed by atoms with Gasteiger partial charge in [0.1, 0.15) is 30.0 Å². The van der Waals surface area contributed by atoms with Crippen molar-refractivity contribution >= 4 is 33.4 Å². The Bertz CT molecular complexity index is 1200. The summed E-state index contributed by atoms with van der Waals surface area (Å²) in [5.74, 6) is -2.18. The molecule has 0 aromatic heterocycles. The average molecular weight is 503 g/mol. The number of nitrogens with one attached hydrogen (secondary N) is 1. The van der Waals surface area contributed by atoms with Crippen LogP contribution in [0, 0.1) is 11.6 Å². The molecule has 3 aromatic carbocycles. The lowest BCUT2D eigenvalue weighted by atomic mass is 10.1. The molecule has 164 valence electrons. The van der Waals surface area contributed by atoms with Crippen LogP contribution < -0.4 is 19.7 Å². The molecular weight excluding hydrogens is 486 g/mol. The van der Waals surface area contributed by atoms with Crippen molar-refractivity contribution in [2.75, 3.05) is 18.6 Å². The fourth-order valence-corrected chi connectivity index (χ4v) is 3.56. The van der Waals surface area contributed by atoms with E-state index in [0.717, 1.165) is 16.6 Å². The number of benzene rings is 3. The van der Waals surface area contributed by atoms with Gasteiger partial charge in [0.15, 0.2) is 11.6 Å². The van der Waals surface area contributed by atoms with Gasteiger partial charge in [-0.15, -0.1) is 0 Å². The second kappa shape index (κ2) is 8.96. The van der Waals surface area contributed by atoms with Crippen LogP contribution in [0.1, 0.15) is 10.4 Å². The van der Waals surface area contributed by atoms with Gasteiger partial charge in [0.05, 0.1) is 11.3 Å². The summed E-state index contributed by atoms with van der Waals surface area (Å²) in [6.45, 7) is -0.128. The molecule has 0 radical (unpaired) electrons. The summed E-state index contributed by atoms with van der Waals surface area (Å²) in [5, 5.41) is 2.51. The fourth-order valence-electron chi connectivity index (χ4n) is 3.21. The highest BCUT2D eigenvalue weighted by atomic mass is 79.9. The second-order valence-electron chi connectivity index (χ2n) is 7.02. The summed E-state index contributed by atoms with van der Waals surface area (Å²) in [6, 6.07) is 13.3. The Morgan fingerprint density at radius 1 is 1.12 bits per heavy atom. The number of rotatable bonds is 4. The van der Waals surface area contributed by atoms with Crippen LogP contribution in [0.4, 0.5) is 14.5 Å². The maximum Gasteiger partial charge on any atom is 0.255 e. The van der Waals surface area contributed by atoms with Crippen LogP contribution in [0.2, 0.25) is 0 Å². The molecule has 1 atom stereocenters. The van der Waals surface area contributed by atoms with E-state index in [4.69, 9.17) is 9.47 Å². The van der Waals surface area contributed by atoms with Gasteiger partial charge in [0.2, 0.25) is 0 Å². The molecule has 4 rings (SSSR count). The van der Waals surface area contributed by atoms with E-state index in [1.807, 2.05) is 0 Å². The molecule has 1 aliphatic heterocycles. The summed E-state index contributed by atoms with van der Waals surface area (Å²) in [4.78, 5) is 27.0. The van der Waals surface area contributed by atoms with Gasteiger partial charge in [0.25, 0.3) is 11.8 Å². The molecule has 0 aliphatic carbocycles. The van der Waals surface area contributed by atoms with Gasteiger partial charge in [0, 0.05) is 11.5 Å². The number of carbonyl (C=O) groups excluding carboxylic acids is 2. The first-order chi connectivity index (χ1) is 15.3. The molecule has 2 amide bonds. The molecule has 1 heterocycles. The maximum absolute atomic E-state index is 14.4. The van der Waals surface area contributed by atoms with Gasteiger partial charge in [-0.05, 0) is 48.5 Å². The van der Waals surface area contributed by atoms with Crippen molar-refractivity contribution in [2.24, 2.45) is 0 Å². The lowest BCUT2D eigenvalue weighted by Crippen LogP contribution is -2.49. The number of ether oxygens (including phenoxy) is 2. The molecule has 0 unspecified atom stereocenters. The minimum Gasteiger partial charge on any atom is -0.489 e. The van der Waals surface area contributed by atoms with Crippen LogP contribution in [0.15, 0.2) is 65.1 Å². The Hall–Kier alpha value is -3.46. The molecule has 0 fully saturated rings. The largest absolute Gasteiger partial charge is 0.489 e. The number of nitrogens with zero attached hydrogens (tertiary/aromatic N) is 1. The van der Waals surface area contributed by atoms with Gasteiger partial charge in [-0.2, -0.15) is 0 Å². The predicted octanol–water partition coefficient (Wildman–Crippen LogP) is 4.67. The van der Waals surface area contributed by atoms with Crippen LogP contribution in [-0.2, 0) is 4.79 Å². The first-order valence-electron chi connectivity index (χ1n) is 9.56.